The Morgan fingerprint density at radius 3 is 2.56 bits per heavy atom. The molecule has 3 rings (SSSR count). The van der Waals surface area contributed by atoms with E-state index >= 15 is 0 Å². The van der Waals surface area contributed by atoms with Gasteiger partial charge in [0, 0.05) is 35.3 Å². The van der Waals surface area contributed by atoms with Crippen molar-refractivity contribution in [2.24, 2.45) is 0 Å². The monoisotopic (exact) mass is 477 g/mol. The molecule has 172 valence electrons. The molecule has 0 amide bonds. The number of nitrogens with zero attached hydrogens (tertiary/aromatic N) is 3. The minimum atomic E-state index is -3.98. The maximum Gasteiger partial charge on any atom is 0.282 e. The summed E-state index contributed by atoms with van der Waals surface area (Å²) < 4.78 is 47.1. The summed E-state index contributed by atoms with van der Waals surface area (Å²) in [5.41, 5.74) is 2.07. The van der Waals surface area contributed by atoms with Gasteiger partial charge >= 0.3 is 0 Å². The van der Waals surface area contributed by atoms with E-state index in [2.05, 4.69) is 45.1 Å². The summed E-state index contributed by atoms with van der Waals surface area (Å²) >= 11 is 1.14. The molecule has 2 aromatic heterocycles. The molecule has 0 fully saturated rings. The molecule has 0 saturated carbocycles. The average molecular weight is 478 g/mol. The molecule has 0 bridgehead atoms. The summed E-state index contributed by atoms with van der Waals surface area (Å²) in [6.45, 7) is 8.66. The molecule has 0 atom stereocenters. The minimum Gasteiger partial charge on any atom is -0.378 e. The Bertz CT molecular complexity index is 1180. The molecule has 0 aliphatic heterocycles. The van der Waals surface area contributed by atoms with E-state index in [1.54, 1.807) is 36.6 Å². The number of rotatable bonds is 8. The fourth-order valence-electron chi connectivity index (χ4n) is 2.95. The van der Waals surface area contributed by atoms with Crippen LogP contribution in [0.4, 0.5) is 15.9 Å². The molecule has 0 unspecified atom stereocenters. The van der Waals surface area contributed by atoms with Gasteiger partial charge in [-0.2, -0.15) is 12.8 Å². The zero-order valence-corrected chi connectivity index (χ0v) is 20.4. The van der Waals surface area contributed by atoms with Crippen LogP contribution in [0.1, 0.15) is 37.6 Å². The SMILES string of the molecule is Cc1ccc(NCc2c(F)cccc2CN(C)C(C)(C)C)c(S(=O)(=O)Nc2ccsn2)n1. The quantitative estimate of drug-likeness (QED) is 0.492. The van der Waals surface area contributed by atoms with Gasteiger partial charge in [0.25, 0.3) is 10.0 Å². The molecular weight excluding hydrogens is 449 g/mol. The molecule has 1 aromatic carbocycles. The van der Waals surface area contributed by atoms with E-state index in [-0.39, 0.29) is 34.4 Å². The van der Waals surface area contributed by atoms with E-state index in [0.29, 0.717) is 17.8 Å². The standard InChI is InChI=1S/C22H28FN5O2S2/c1-15-9-10-19(21(25-15)32(29,30)27-20-11-12-31-26-20)24-13-17-16(7-6-8-18(17)23)14-28(5)22(2,3)4/h6-12,24H,13-14H2,1-5H3,(H,26,27). The Morgan fingerprint density at radius 1 is 1.16 bits per heavy atom. The second-order valence-corrected chi connectivity index (χ2v) is 10.8. The number of pyridine rings is 1. The van der Waals surface area contributed by atoms with Gasteiger partial charge in [0.15, 0.2) is 10.8 Å². The second-order valence-electron chi connectivity index (χ2n) is 8.55. The zero-order valence-electron chi connectivity index (χ0n) is 18.8. The zero-order chi connectivity index (χ0) is 23.5. The maximum absolute atomic E-state index is 14.7. The van der Waals surface area contributed by atoms with Crippen molar-refractivity contribution in [3.63, 3.8) is 0 Å². The summed E-state index contributed by atoms with van der Waals surface area (Å²) in [7, 11) is -1.99. The van der Waals surface area contributed by atoms with E-state index in [4.69, 9.17) is 0 Å². The molecule has 3 aromatic rings. The van der Waals surface area contributed by atoms with Crippen LogP contribution in [0.5, 0.6) is 0 Å². The van der Waals surface area contributed by atoms with Crippen molar-refractivity contribution in [3.05, 3.63) is 64.4 Å². The van der Waals surface area contributed by atoms with Gasteiger partial charge in [-0.25, -0.2) is 9.37 Å². The van der Waals surface area contributed by atoms with Gasteiger partial charge in [-0.05, 0) is 76.1 Å². The second kappa shape index (κ2) is 9.51. The Kier molecular flexibility index (Phi) is 7.16. The van der Waals surface area contributed by atoms with Crippen molar-refractivity contribution < 1.29 is 12.8 Å². The highest BCUT2D eigenvalue weighted by molar-refractivity contribution is 7.92. The lowest BCUT2D eigenvalue weighted by Crippen LogP contribution is -2.37. The van der Waals surface area contributed by atoms with Crippen LogP contribution in [0.2, 0.25) is 0 Å². The molecule has 0 aliphatic carbocycles. The first-order valence-corrected chi connectivity index (χ1v) is 12.4. The van der Waals surface area contributed by atoms with Crippen LogP contribution in [0.3, 0.4) is 0 Å². The van der Waals surface area contributed by atoms with Gasteiger partial charge in [-0.15, -0.1) is 0 Å². The summed E-state index contributed by atoms with van der Waals surface area (Å²) in [4.78, 5) is 6.36. The highest BCUT2D eigenvalue weighted by Crippen LogP contribution is 2.25. The fraction of sp³-hybridized carbons (Fsp3) is 0.364. The summed E-state index contributed by atoms with van der Waals surface area (Å²) in [6, 6.07) is 9.90. The van der Waals surface area contributed by atoms with Crippen molar-refractivity contribution in [1.82, 2.24) is 14.3 Å². The molecule has 2 heterocycles. The molecule has 32 heavy (non-hydrogen) atoms. The number of hydrogen-bond acceptors (Lipinski definition) is 7. The Labute approximate surface area is 192 Å². The highest BCUT2D eigenvalue weighted by Gasteiger charge is 2.23. The molecule has 0 radical (unpaired) electrons. The number of nitrogens with one attached hydrogen (secondary N) is 2. The molecule has 0 saturated heterocycles. The van der Waals surface area contributed by atoms with Gasteiger partial charge in [0.05, 0.1) is 5.69 Å². The lowest BCUT2D eigenvalue weighted by atomic mass is 10.0. The average Bonchev–Trinajstić information content (AvgIpc) is 3.20. The Balaban J connectivity index is 1.88. The number of sulfonamides is 1. The van der Waals surface area contributed by atoms with E-state index in [0.717, 1.165) is 17.1 Å². The maximum atomic E-state index is 14.7. The molecule has 0 spiro atoms. The van der Waals surface area contributed by atoms with E-state index < -0.39 is 10.0 Å². The van der Waals surface area contributed by atoms with Gasteiger partial charge in [0.2, 0.25) is 0 Å². The normalized spacial score (nSPS) is 12.2. The summed E-state index contributed by atoms with van der Waals surface area (Å²) in [5, 5.41) is 4.60. The predicted octanol–water partition coefficient (Wildman–Crippen LogP) is 4.63. The van der Waals surface area contributed by atoms with Crippen molar-refractivity contribution in [2.75, 3.05) is 17.1 Å². The largest absolute Gasteiger partial charge is 0.378 e. The highest BCUT2D eigenvalue weighted by atomic mass is 32.2. The van der Waals surface area contributed by atoms with Crippen molar-refractivity contribution in [3.8, 4) is 0 Å². The smallest absolute Gasteiger partial charge is 0.282 e. The molecule has 10 heteroatoms. The van der Waals surface area contributed by atoms with Crippen LogP contribution < -0.4 is 10.0 Å². The van der Waals surface area contributed by atoms with Crippen molar-refractivity contribution in [1.29, 1.82) is 0 Å². The van der Waals surface area contributed by atoms with Crippen LogP contribution in [-0.2, 0) is 23.1 Å². The first-order chi connectivity index (χ1) is 15.0. The molecule has 2 N–H and O–H groups in total. The predicted molar refractivity (Wildman–Crippen MR) is 127 cm³/mol. The summed E-state index contributed by atoms with van der Waals surface area (Å²) in [5.74, 6) is -0.117. The van der Waals surface area contributed by atoms with Gasteiger partial charge in [-0.1, -0.05) is 12.1 Å². The number of aryl methyl sites for hydroxylation is 1. The van der Waals surface area contributed by atoms with Crippen LogP contribution in [0.25, 0.3) is 0 Å². The van der Waals surface area contributed by atoms with Gasteiger partial charge in [-0.3, -0.25) is 9.62 Å². The topological polar surface area (TPSA) is 87.2 Å². The lowest BCUT2D eigenvalue weighted by Gasteiger charge is -2.32. The number of hydrogen-bond donors (Lipinski definition) is 2. The molecule has 0 aliphatic rings. The third kappa shape index (κ3) is 5.81. The Hall–Kier alpha value is -2.56. The van der Waals surface area contributed by atoms with Crippen LogP contribution in [0.15, 0.2) is 46.8 Å². The van der Waals surface area contributed by atoms with Crippen molar-refractivity contribution >= 4 is 33.1 Å². The van der Waals surface area contributed by atoms with Crippen LogP contribution >= 0.6 is 11.5 Å². The lowest BCUT2D eigenvalue weighted by molar-refractivity contribution is 0.167. The van der Waals surface area contributed by atoms with E-state index in [9.17, 15) is 12.8 Å². The van der Waals surface area contributed by atoms with E-state index in [1.165, 1.54) is 6.07 Å². The number of aromatic nitrogens is 2. The van der Waals surface area contributed by atoms with Crippen molar-refractivity contribution in [2.45, 2.75) is 51.3 Å². The number of halogens is 1. The van der Waals surface area contributed by atoms with E-state index in [1.807, 2.05) is 13.1 Å². The third-order valence-electron chi connectivity index (χ3n) is 5.15. The van der Waals surface area contributed by atoms with Crippen LogP contribution in [0, 0.1) is 12.7 Å². The minimum absolute atomic E-state index is 0.0828. The van der Waals surface area contributed by atoms with Gasteiger partial charge < -0.3 is 5.32 Å². The first kappa shape index (κ1) is 24.1. The van der Waals surface area contributed by atoms with Gasteiger partial charge in [0.1, 0.15) is 5.82 Å². The molecule has 7 nitrogen and oxygen atoms in total. The fourth-order valence-corrected chi connectivity index (χ4v) is 4.66. The first-order valence-electron chi connectivity index (χ1n) is 10.1. The summed E-state index contributed by atoms with van der Waals surface area (Å²) in [6.07, 6.45) is 0. The van der Waals surface area contributed by atoms with Crippen LogP contribution in [-0.4, -0.2) is 35.3 Å². The Morgan fingerprint density at radius 2 is 1.91 bits per heavy atom. The molecular formula is C22H28FN5O2S2. The number of anilines is 2. The third-order valence-corrected chi connectivity index (χ3v) is 7.01. The number of benzene rings is 1.